The van der Waals surface area contributed by atoms with Gasteiger partial charge in [-0.15, -0.1) is 11.6 Å². The SMILES string of the molecule is COC1CCC(Cl)NC1C(=O)C(C)(C)C. The van der Waals surface area contributed by atoms with Crippen molar-refractivity contribution in [2.24, 2.45) is 5.41 Å². The van der Waals surface area contributed by atoms with Crippen molar-refractivity contribution in [2.75, 3.05) is 7.11 Å². The number of hydrogen-bond donors (Lipinski definition) is 1. The van der Waals surface area contributed by atoms with Crippen LogP contribution in [0.4, 0.5) is 0 Å². The van der Waals surface area contributed by atoms with E-state index in [4.69, 9.17) is 16.3 Å². The van der Waals surface area contributed by atoms with Crippen molar-refractivity contribution < 1.29 is 9.53 Å². The Morgan fingerprint density at radius 2 is 2.00 bits per heavy atom. The lowest BCUT2D eigenvalue weighted by molar-refractivity contribution is -0.133. The minimum Gasteiger partial charge on any atom is -0.379 e. The van der Waals surface area contributed by atoms with Crippen molar-refractivity contribution in [1.82, 2.24) is 5.32 Å². The second-order valence-electron chi connectivity index (χ2n) is 5.08. The normalized spacial score (nSPS) is 32.7. The second kappa shape index (κ2) is 4.81. The van der Waals surface area contributed by atoms with Crippen LogP contribution in [0, 0.1) is 5.41 Å². The van der Waals surface area contributed by atoms with Crippen molar-refractivity contribution in [1.29, 1.82) is 0 Å². The lowest BCUT2D eigenvalue weighted by Crippen LogP contribution is -2.56. The number of halogens is 1. The molecular weight excluding hydrogens is 214 g/mol. The molecule has 1 aliphatic heterocycles. The molecule has 1 saturated heterocycles. The number of carbonyl (C=O) groups excluding carboxylic acids is 1. The number of hydrogen-bond acceptors (Lipinski definition) is 3. The predicted molar refractivity (Wildman–Crippen MR) is 61.1 cm³/mol. The highest BCUT2D eigenvalue weighted by molar-refractivity contribution is 6.20. The number of ketones is 1. The first kappa shape index (κ1) is 12.9. The fourth-order valence-electron chi connectivity index (χ4n) is 1.83. The summed E-state index contributed by atoms with van der Waals surface area (Å²) in [5.41, 5.74) is -0.477. The summed E-state index contributed by atoms with van der Waals surface area (Å²) in [6.07, 6.45) is 1.63. The molecule has 3 nitrogen and oxygen atoms in total. The van der Waals surface area contributed by atoms with Crippen LogP contribution in [0.3, 0.4) is 0 Å². The third-order valence-corrected chi connectivity index (χ3v) is 3.11. The molecule has 3 atom stereocenters. The summed E-state index contributed by atoms with van der Waals surface area (Å²) in [6.45, 7) is 5.75. The first-order valence-electron chi connectivity index (χ1n) is 5.33. The Morgan fingerprint density at radius 3 is 2.47 bits per heavy atom. The summed E-state index contributed by atoms with van der Waals surface area (Å²) in [6, 6.07) is -0.272. The summed E-state index contributed by atoms with van der Waals surface area (Å²) >= 11 is 6.01. The Balaban J connectivity index is 2.75. The van der Waals surface area contributed by atoms with Gasteiger partial charge in [0.05, 0.1) is 17.6 Å². The van der Waals surface area contributed by atoms with Crippen molar-refractivity contribution >= 4 is 17.4 Å². The molecule has 0 bridgehead atoms. The smallest absolute Gasteiger partial charge is 0.157 e. The number of methoxy groups -OCH3 is 1. The maximum Gasteiger partial charge on any atom is 0.157 e. The van der Waals surface area contributed by atoms with Gasteiger partial charge in [0.15, 0.2) is 5.78 Å². The lowest BCUT2D eigenvalue weighted by Gasteiger charge is -2.36. The molecule has 0 aromatic carbocycles. The number of Topliss-reactive ketones (excluding diaryl/α,β-unsaturated/α-hetero) is 1. The third-order valence-electron chi connectivity index (χ3n) is 2.76. The van der Waals surface area contributed by atoms with E-state index in [1.165, 1.54) is 0 Å². The van der Waals surface area contributed by atoms with Gasteiger partial charge >= 0.3 is 0 Å². The van der Waals surface area contributed by atoms with E-state index in [2.05, 4.69) is 5.32 Å². The van der Waals surface area contributed by atoms with Gasteiger partial charge in [-0.25, -0.2) is 0 Å². The molecule has 4 heteroatoms. The van der Waals surface area contributed by atoms with Crippen LogP contribution in [0.25, 0.3) is 0 Å². The van der Waals surface area contributed by atoms with Gasteiger partial charge in [0.1, 0.15) is 0 Å². The van der Waals surface area contributed by atoms with Gasteiger partial charge in [0.25, 0.3) is 0 Å². The molecule has 0 aliphatic carbocycles. The number of nitrogens with one attached hydrogen (secondary N) is 1. The molecule has 0 radical (unpaired) electrons. The summed E-state index contributed by atoms with van der Waals surface area (Å²) in [7, 11) is 1.64. The van der Waals surface area contributed by atoms with Crippen LogP contribution in [0.5, 0.6) is 0 Å². The number of rotatable bonds is 2. The molecule has 0 aromatic rings. The van der Waals surface area contributed by atoms with E-state index in [9.17, 15) is 4.79 Å². The van der Waals surface area contributed by atoms with E-state index in [1.54, 1.807) is 7.11 Å². The Morgan fingerprint density at radius 1 is 1.40 bits per heavy atom. The van der Waals surface area contributed by atoms with Crippen LogP contribution < -0.4 is 5.32 Å². The average molecular weight is 234 g/mol. The minimum absolute atomic E-state index is 0.0493. The monoisotopic (exact) mass is 233 g/mol. The second-order valence-corrected chi connectivity index (χ2v) is 5.60. The molecule has 88 valence electrons. The fraction of sp³-hybridized carbons (Fsp3) is 0.909. The molecular formula is C11H20ClNO2. The van der Waals surface area contributed by atoms with Gasteiger partial charge in [-0.05, 0) is 12.8 Å². The van der Waals surface area contributed by atoms with Crippen molar-refractivity contribution in [3.8, 4) is 0 Å². The van der Waals surface area contributed by atoms with Crippen LogP contribution in [-0.4, -0.2) is 30.5 Å². The van der Waals surface area contributed by atoms with E-state index in [0.29, 0.717) is 0 Å². The Hall–Kier alpha value is -0.120. The lowest BCUT2D eigenvalue weighted by atomic mass is 9.82. The molecule has 3 unspecified atom stereocenters. The highest BCUT2D eigenvalue weighted by Crippen LogP contribution is 2.25. The molecule has 1 rings (SSSR count). The highest BCUT2D eigenvalue weighted by Gasteiger charge is 2.38. The Kier molecular flexibility index (Phi) is 4.15. The van der Waals surface area contributed by atoms with Crippen molar-refractivity contribution in [3.63, 3.8) is 0 Å². The quantitative estimate of drug-likeness (QED) is 0.585. The summed E-state index contributed by atoms with van der Waals surface area (Å²) in [5.74, 6) is 0.166. The molecule has 0 spiro atoms. The van der Waals surface area contributed by atoms with Gasteiger partial charge < -0.3 is 4.74 Å². The van der Waals surface area contributed by atoms with E-state index >= 15 is 0 Å². The first-order chi connectivity index (χ1) is 6.86. The summed E-state index contributed by atoms with van der Waals surface area (Å²) < 4.78 is 5.33. The van der Waals surface area contributed by atoms with Crippen LogP contribution >= 0.6 is 11.6 Å². The van der Waals surface area contributed by atoms with E-state index in [-0.39, 0.29) is 28.8 Å². The van der Waals surface area contributed by atoms with Gasteiger partial charge in [0, 0.05) is 12.5 Å². The van der Waals surface area contributed by atoms with Crippen LogP contribution in [-0.2, 0) is 9.53 Å². The van der Waals surface area contributed by atoms with Gasteiger partial charge in [-0.2, -0.15) is 0 Å². The molecule has 1 fully saturated rings. The summed E-state index contributed by atoms with van der Waals surface area (Å²) in [4.78, 5) is 12.1. The molecule has 15 heavy (non-hydrogen) atoms. The zero-order valence-corrected chi connectivity index (χ0v) is 10.6. The van der Waals surface area contributed by atoms with E-state index < -0.39 is 0 Å². The molecule has 0 amide bonds. The standard InChI is InChI=1S/C11H20ClNO2/c1-11(2,3)10(14)9-7(15-4)5-6-8(12)13-9/h7-9,13H,5-6H2,1-4H3. The van der Waals surface area contributed by atoms with Crippen molar-refractivity contribution in [3.05, 3.63) is 0 Å². The van der Waals surface area contributed by atoms with E-state index in [0.717, 1.165) is 12.8 Å². The molecule has 0 aromatic heterocycles. The maximum atomic E-state index is 12.1. The van der Waals surface area contributed by atoms with Crippen LogP contribution in [0.15, 0.2) is 0 Å². The van der Waals surface area contributed by atoms with Gasteiger partial charge in [0.2, 0.25) is 0 Å². The molecule has 1 heterocycles. The largest absolute Gasteiger partial charge is 0.379 e. The zero-order chi connectivity index (χ0) is 11.6. The van der Waals surface area contributed by atoms with Crippen molar-refractivity contribution in [2.45, 2.75) is 51.3 Å². The maximum absolute atomic E-state index is 12.1. The molecule has 1 N–H and O–H groups in total. The predicted octanol–water partition coefficient (Wildman–Crippen LogP) is 1.93. The average Bonchev–Trinajstić information content (AvgIpc) is 2.15. The minimum atomic E-state index is -0.359. The topological polar surface area (TPSA) is 38.3 Å². The van der Waals surface area contributed by atoms with Crippen LogP contribution in [0.1, 0.15) is 33.6 Å². The van der Waals surface area contributed by atoms with E-state index in [1.807, 2.05) is 20.8 Å². The molecule has 1 aliphatic rings. The number of alkyl halides is 1. The number of carbonyl (C=O) groups is 1. The first-order valence-corrected chi connectivity index (χ1v) is 5.77. The number of ether oxygens (including phenoxy) is 1. The number of piperidine rings is 1. The molecule has 0 saturated carbocycles. The summed E-state index contributed by atoms with van der Waals surface area (Å²) in [5, 5.41) is 3.11. The highest BCUT2D eigenvalue weighted by atomic mass is 35.5. The third kappa shape index (κ3) is 3.16. The fourth-order valence-corrected chi connectivity index (χ4v) is 2.09. The van der Waals surface area contributed by atoms with Crippen LogP contribution in [0.2, 0.25) is 0 Å². The van der Waals surface area contributed by atoms with Gasteiger partial charge in [-0.1, -0.05) is 20.8 Å². The van der Waals surface area contributed by atoms with Gasteiger partial charge in [-0.3, -0.25) is 10.1 Å². The Bertz CT molecular complexity index is 237. The Labute approximate surface area is 96.5 Å². The zero-order valence-electron chi connectivity index (χ0n) is 9.84.